The summed E-state index contributed by atoms with van der Waals surface area (Å²) in [6.07, 6.45) is 0.698. The summed E-state index contributed by atoms with van der Waals surface area (Å²) in [7, 11) is 0. The molecule has 0 saturated carbocycles. The van der Waals surface area contributed by atoms with Crippen LogP contribution in [0.1, 0.15) is 28.4 Å². The highest BCUT2D eigenvalue weighted by molar-refractivity contribution is 6.05. The largest absolute Gasteiger partial charge is 0.322 e. The van der Waals surface area contributed by atoms with E-state index < -0.39 is 0 Å². The fourth-order valence-electron chi connectivity index (χ4n) is 2.80. The van der Waals surface area contributed by atoms with Gasteiger partial charge in [0, 0.05) is 22.2 Å². The Labute approximate surface area is 134 Å². The van der Waals surface area contributed by atoms with Gasteiger partial charge in [-0.2, -0.15) is 0 Å². The Kier molecular flexibility index (Phi) is 3.98. The average molecular weight is 306 g/mol. The van der Waals surface area contributed by atoms with Gasteiger partial charge in [0.05, 0.1) is 5.52 Å². The molecular formula is C19H18N2O2. The fraction of sp³-hybridized carbons (Fsp3) is 0.158. The van der Waals surface area contributed by atoms with Crippen molar-refractivity contribution in [2.24, 2.45) is 0 Å². The number of amides is 1. The van der Waals surface area contributed by atoms with Crippen LogP contribution in [0, 0.1) is 6.92 Å². The third-order valence-corrected chi connectivity index (χ3v) is 4.05. The smallest absolute Gasteiger partial charge is 0.255 e. The van der Waals surface area contributed by atoms with Gasteiger partial charge in [-0.25, -0.2) is 0 Å². The van der Waals surface area contributed by atoms with Gasteiger partial charge in [-0.3, -0.25) is 9.59 Å². The van der Waals surface area contributed by atoms with E-state index in [2.05, 4.69) is 10.3 Å². The van der Waals surface area contributed by atoms with Crippen molar-refractivity contribution in [3.05, 3.63) is 75.6 Å². The molecule has 0 radical (unpaired) electrons. The van der Waals surface area contributed by atoms with E-state index in [1.165, 1.54) is 0 Å². The number of aromatic nitrogens is 1. The van der Waals surface area contributed by atoms with Crippen LogP contribution in [-0.4, -0.2) is 10.9 Å². The van der Waals surface area contributed by atoms with Crippen molar-refractivity contribution in [1.82, 2.24) is 4.98 Å². The van der Waals surface area contributed by atoms with Crippen LogP contribution in [-0.2, 0) is 6.42 Å². The first-order chi connectivity index (χ1) is 11.1. The van der Waals surface area contributed by atoms with Crippen molar-refractivity contribution < 1.29 is 4.79 Å². The lowest BCUT2D eigenvalue weighted by molar-refractivity contribution is 0.102. The van der Waals surface area contributed by atoms with Crippen molar-refractivity contribution in [3.63, 3.8) is 0 Å². The second-order valence-electron chi connectivity index (χ2n) is 5.49. The lowest BCUT2D eigenvalue weighted by atomic mass is 10.0. The number of nitrogens with one attached hydrogen (secondary N) is 2. The van der Waals surface area contributed by atoms with Gasteiger partial charge in [0.1, 0.15) is 0 Å². The van der Waals surface area contributed by atoms with Gasteiger partial charge in [0.25, 0.3) is 11.5 Å². The summed E-state index contributed by atoms with van der Waals surface area (Å²) in [4.78, 5) is 27.2. The van der Waals surface area contributed by atoms with E-state index in [4.69, 9.17) is 0 Å². The molecule has 1 amide bonds. The number of anilines is 1. The Morgan fingerprint density at radius 3 is 2.57 bits per heavy atom. The normalized spacial score (nSPS) is 10.7. The Morgan fingerprint density at radius 1 is 1.13 bits per heavy atom. The molecule has 0 aliphatic rings. The minimum absolute atomic E-state index is 0.0657. The first-order valence-electron chi connectivity index (χ1n) is 7.62. The number of pyridine rings is 1. The summed E-state index contributed by atoms with van der Waals surface area (Å²) in [6.45, 7) is 3.93. The van der Waals surface area contributed by atoms with Gasteiger partial charge in [-0.1, -0.05) is 31.2 Å². The summed E-state index contributed by atoms with van der Waals surface area (Å²) in [5.74, 6) is -0.172. The lowest BCUT2D eigenvalue weighted by Crippen LogP contribution is -2.15. The van der Waals surface area contributed by atoms with E-state index in [1.807, 2.05) is 44.2 Å². The van der Waals surface area contributed by atoms with Crippen LogP contribution >= 0.6 is 0 Å². The number of rotatable bonds is 3. The van der Waals surface area contributed by atoms with Crippen LogP contribution < -0.4 is 10.9 Å². The van der Waals surface area contributed by atoms with Gasteiger partial charge in [0.2, 0.25) is 0 Å². The molecule has 3 rings (SSSR count). The van der Waals surface area contributed by atoms with Crippen molar-refractivity contribution >= 4 is 22.5 Å². The van der Waals surface area contributed by atoms with Crippen molar-refractivity contribution in [2.75, 3.05) is 5.32 Å². The number of carbonyl (C=O) groups is 1. The highest BCUT2D eigenvalue weighted by atomic mass is 16.1. The highest BCUT2D eigenvalue weighted by Gasteiger charge is 2.09. The number of carbonyl (C=O) groups excluding carboxylic acids is 1. The maximum atomic E-state index is 12.2. The number of benzene rings is 2. The predicted molar refractivity (Wildman–Crippen MR) is 93.1 cm³/mol. The van der Waals surface area contributed by atoms with E-state index in [0.29, 0.717) is 17.7 Å². The lowest BCUT2D eigenvalue weighted by Gasteiger charge is -2.10. The molecule has 3 aromatic rings. The number of aromatic amines is 1. The number of hydrogen-bond acceptors (Lipinski definition) is 2. The van der Waals surface area contributed by atoms with Crippen LogP contribution in [0.5, 0.6) is 0 Å². The Hall–Kier alpha value is -2.88. The standard InChI is InChI=1S/C19H18N2O2/c1-3-15-12(2)16-10-9-14(11-17(16)21-19(15)23)20-18(22)13-7-5-4-6-8-13/h4-11H,3H2,1-2H3,(H,20,22)(H,21,23). The van der Waals surface area contributed by atoms with Crippen LogP contribution in [0.3, 0.4) is 0 Å². The predicted octanol–water partition coefficient (Wildman–Crippen LogP) is 3.65. The minimum Gasteiger partial charge on any atom is -0.322 e. The molecule has 0 saturated heterocycles. The monoisotopic (exact) mass is 306 g/mol. The van der Waals surface area contributed by atoms with Crippen LogP contribution in [0.4, 0.5) is 5.69 Å². The van der Waals surface area contributed by atoms with E-state index in [9.17, 15) is 9.59 Å². The molecule has 1 aromatic heterocycles. The topological polar surface area (TPSA) is 62.0 Å². The molecule has 4 heteroatoms. The van der Waals surface area contributed by atoms with Gasteiger partial charge < -0.3 is 10.3 Å². The molecule has 0 aliphatic heterocycles. The number of aryl methyl sites for hydroxylation is 1. The Balaban J connectivity index is 1.98. The van der Waals surface area contributed by atoms with Gasteiger partial charge in [-0.15, -0.1) is 0 Å². The zero-order valence-electron chi connectivity index (χ0n) is 13.1. The van der Waals surface area contributed by atoms with Gasteiger partial charge in [0.15, 0.2) is 0 Å². The Bertz CT molecular complexity index is 927. The van der Waals surface area contributed by atoms with Crippen molar-refractivity contribution in [1.29, 1.82) is 0 Å². The van der Waals surface area contributed by atoms with Gasteiger partial charge in [-0.05, 0) is 43.2 Å². The summed E-state index contributed by atoms with van der Waals surface area (Å²) >= 11 is 0. The van der Waals surface area contributed by atoms with E-state index in [0.717, 1.165) is 22.0 Å². The molecule has 2 N–H and O–H groups in total. The molecule has 2 aromatic carbocycles. The first kappa shape index (κ1) is 15.0. The second kappa shape index (κ2) is 6.08. The van der Waals surface area contributed by atoms with Crippen LogP contribution in [0.15, 0.2) is 53.3 Å². The SMILES string of the molecule is CCc1c(C)c2ccc(NC(=O)c3ccccc3)cc2[nH]c1=O. The number of H-pyrrole nitrogens is 1. The average Bonchev–Trinajstić information content (AvgIpc) is 2.55. The van der Waals surface area contributed by atoms with E-state index in [1.54, 1.807) is 18.2 Å². The molecular weight excluding hydrogens is 288 g/mol. The molecule has 0 bridgehead atoms. The van der Waals surface area contributed by atoms with E-state index in [-0.39, 0.29) is 11.5 Å². The third kappa shape index (κ3) is 2.88. The first-order valence-corrected chi connectivity index (χ1v) is 7.62. The summed E-state index contributed by atoms with van der Waals surface area (Å²) < 4.78 is 0. The van der Waals surface area contributed by atoms with E-state index >= 15 is 0 Å². The molecule has 4 nitrogen and oxygen atoms in total. The molecule has 23 heavy (non-hydrogen) atoms. The molecule has 0 spiro atoms. The maximum Gasteiger partial charge on any atom is 0.255 e. The summed E-state index contributed by atoms with van der Waals surface area (Å²) in [5.41, 5.74) is 3.72. The molecule has 0 atom stereocenters. The van der Waals surface area contributed by atoms with Gasteiger partial charge >= 0.3 is 0 Å². The summed E-state index contributed by atoms with van der Waals surface area (Å²) in [6, 6.07) is 14.6. The zero-order valence-corrected chi connectivity index (χ0v) is 13.1. The quantitative estimate of drug-likeness (QED) is 0.776. The Morgan fingerprint density at radius 2 is 1.87 bits per heavy atom. The number of hydrogen-bond donors (Lipinski definition) is 2. The number of fused-ring (bicyclic) bond motifs is 1. The molecule has 0 unspecified atom stereocenters. The second-order valence-corrected chi connectivity index (χ2v) is 5.49. The van der Waals surface area contributed by atoms with Crippen molar-refractivity contribution in [2.45, 2.75) is 20.3 Å². The summed E-state index contributed by atoms with van der Waals surface area (Å²) in [5, 5.41) is 3.86. The molecule has 0 aliphatic carbocycles. The molecule has 1 heterocycles. The zero-order chi connectivity index (χ0) is 16.4. The maximum absolute atomic E-state index is 12.2. The minimum atomic E-state index is -0.172. The molecule has 116 valence electrons. The fourth-order valence-corrected chi connectivity index (χ4v) is 2.80. The van der Waals surface area contributed by atoms with Crippen LogP contribution in [0.25, 0.3) is 10.9 Å². The highest BCUT2D eigenvalue weighted by Crippen LogP contribution is 2.22. The third-order valence-electron chi connectivity index (χ3n) is 4.05. The van der Waals surface area contributed by atoms with Crippen LogP contribution in [0.2, 0.25) is 0 Å². The van der Waals surface area contributed by atoms with Crippen molar-refractivity contribution in [3.8, 4) is 0 Å². The molecule has 0 fully saturated rings.